The molecule has 1 unspecified atom stereocenters. The number of pyridine rings is 1. The molecule has 6 heteroatoms. The second kappa shape index (κ2) is 4.72. The predicted octanol–water partition coefficient (Wildman–Crippen LogP) is 0.800. The van der Waals surface area contributed by atoms with E-state index >= 15 is 0 Å². The monoisotopic (exact) mass is 251 g/mol. The van der Waals surface area contributed by atoms with Crippen molar-refractivity contribution in [2.75, 3.05) is 23.4 Å². The maximum atomic E-state index is 11.3. The zero-order valence-corrected chi connectivity index (χ0v) is 10.1. The molecule has 1 N–H and O–H groups in total. The number of hydrogen-bond acceptors (Lipinski definition) is 5. The van der Waals surface area contributed by atoms with Crippen LogP contribution in [0.25, 0.3) is 0 Å². The van der Waals surface area contributed by atoms with E-state index in [0.29, 0.717) is 24.3 Å². The number of nitrogens with one attached hydrogen (secondary N) is 1. The van der Waals surface area contributed by atoms with Gasteiger partial charge in [-0.25, -0.2) is 13.4 Å². The van der Waals surface area contributed by atoms with Crippen molar-refractivity contribution in [3.8, 4) is 6.07 Å². The molecule has 0 saturated carbocycles. The number of sulfone groups is 1. The van der Waals surface area contributed by atoms with Crippen LogP contribution in [0, 0.1) is 17.2 Å². The number of anilines is 1. The van der Waals surface area contributed by atoms with Crippen LogP contribution < -0.4 is 5.32 Å². The lowest BCUT2D eigenvalue weighted by molar-refractivity contribution is 0.595. The number of nitriles is 1. The molecule has 0 spiro atoms. The Morgan fingerprint density at radius 1 is 1.59 bits per heavy atom. The van der Waals surface area contributed by atoms with Crippen LogP contribution in [0.2, 0.25) is 0 Å². The van der Waals surface area contributed by atoms with Crippen molar-refractivity contribution in [3.63, 3.8) is 0 Å². The van der Waals surface area contributed by atoms with Gasteiger partial charge in [0.1, 0.15) is 11.9 Å². The van der Waals surface area contributed by atoms with Crippen molar-refractivity contribution < 1.29 is 8.42 Å². The largest absolute Gasteiger partial charge is 0.369 e. The van der Waals surface area contributed by atoms with Gasteiger partial charge in [-0.05, 0) is 24.5 Å². The molecule has 2 rings (SSSR count). The topological polar surface area (TPSA) is 82.8 Å². The number of aromatic nitrogens is 1. The average Bonchev–Trinajstić information content (AvgIpc) is 2.67. The second-order valence-corrected chi connectivity index (χ2v) is 6.39. The fourth-order valence-electron chi connectivity index (χ4n) is 1.91. The second-order valence-electron chi connectivity index (χ2n) is 4.16. The van der Waals surface area contributed by atoms with E-state index in [1.165, 1.54) is 0 Å². The molecule has 0 aromatic carbocycles. The van der Waals surface area contributed by atoms with Crippen LogP contribution in [-0.2, 0) is 9.84 Å². The summed E-state index contributed by atoms with van der Waals surface area (Å²) >= 11 is 0. The van der Waals surface area contributed by atoms with Crippen LogP contribution in [0.15, 0.2) is 18.3 Å². The van der Waals surface area contributed by atoms with Gasteiger partial charge in [0, 0.05) is 12.7 Å². The first-order valence-corrected chi connectivity index (χ1v) is 7.22. The molecule has 2 heterocycles. The Bertz CT molecular complexity index is 548. The van der Waals surface area contributed by atoms with Gasteiger partial charge < -0.3 is 5.32 Å². The minimum Gasteiger partial charge on any atom is -0.369 e. The summed E-state index contributed by atoms with van der Waals surface area (Å²) in [6, 6.07) is 5.42. The van der Waals surface area contributed by atoms with Crippen LogP contribution in [0.4, 0.5) is 5.82 Å². The Morgan fingerprint density at radius 3 is 3.06 bits per heavy atom. The highest BCUT2D eigenvalue weighted by Gasteiger charge is 2.27. The van der Waals surface area contributed by atoms with E-state index in [1.54, 1.807) is 18.3 Å². The van der Waals surface area contributed by atoms with Crippen molar-refractivity contribution in [1.29, 1.82) is 5.26 Å². The van der Waals surface area contributed by atoms with Crippen LogP contribution in [-0.4, -0.2) is 31.5 Å². The lowest BCUT2D eigenvalue weighted by atomic mass is 10.1. The van der Waals surface area contributed by atoms with E-state index in [-0.39, 0.29) is 17.4 Å². The predicted molar refractivity (Wildman–Crippen MR) is 64.2 cm³/mol. The Morgan fingerprint density at radius 2 is 2.41 bits per heavy atom. The number of hydrogen-bond donors (Lipinski definition) is 1. The van der Waals surface area contributed by atoms with E-state index in [9.17, 15) is 8.42 Å². The standard InChI is InChI=1S/C11H13N3O2S/c12-6-10-2-1-4-13-11(10)14-7-9-3-5-17(15,16)8-9/h1-2,4,9H,3,5,7-8H2,(H,13,14). The molecular weight excluding hydrogens is 238 g/mol. The molecule has 1 saturated heterocycles. The molecule has 1 aromatic heterocycles. The average molecular weight is 251 g/mol. The molecule has 1 aromatic rings. The molecule has 5 nitrogen and oxygen atoms in total. The lowest BCUT2D eigenvalue weighted by Gasteiger charge is -2.10. The lowest BCUT2D eigenvalue weighted by Crippen LogP contribution is -2.16. The molecule has 90 valence electrons. The van der Waals surface area contributed by atoms with Gasteiger partial charge in [-0.3, -0.25) is 0 Å². The molecule has 1 atom stereocenters. The van der Waals surface area contributed by atoms with Crippen LogP contribution in [0.1, 0.15) is 12.0 Å². The van der Waals surface area contributed by atoms with E-state index in [2.05, 4.69) is 10.3 Å². The number of nitrogens with zero attached hydrogens (tertiary/aromatic N) is 2. The van der Waals surface area contributed by atoms with Gasteiger partial charge in [0.25, 0.3) is 0 Å². The fourth-order valence-corrected chi connectivity index (χ4v) is 3.77. The van der Waals surface area contributed by atoms with Crippen molar-refractivity contribution in [2.24, 2.45) is 5.92 Å². The molecule has 0 radical (unpaired) electrons. The molecule has 0 aliphatic carbocycles. The van der Waals surface area contributed by atoms with E-state index in [0.717, 1.165) is 0 Å². The fraction of sp³-hybridized carbons (Fsp3) is 0.455. The van der Waals surface area contributed by atoms with Gasteiger partial charge in [0.15, 0.2) is 9.84 Å². The Hall–Kier alpha value is -1.61. The highest BCUT2D eigenvalue weighted by molar-refractivity contribution is 7.91. The van der Waals surface area contributed by atoms with Gasteiger partial charge in [-0.1, -0.05) is 0 Å². The summed E-state index contributed by atoms with van der Waals surface area (Å²) in [5.41, 5.74) is 0.480. The summed E-state index contributed by atoms with van der Waals surface area (Å²) in [7, 11) is -2.84. The summed E-state index contributed by atoms with van der Waals surface area (Å²) in [4.78, 5) is 4.06. The maximum Gasteiger partial charge on any atom is 0.150 e. The van der Waals surface area contributed by atoms with Gasteiger partial charge in [-0.15, -0.1) is 0 Å². The Kier molecular flexibility index (Phi) is 3.29. The molecule has 0 bridgehead atoms. The summed E-state index contributed by atoms with van der Waals surface area (Å²) in [5.74, 6) is 1.15. The van der Waals surface area contributed by atoms with Crippen molar-refractivity contribution in [3.05, 3.63) is 23.9 Å². The summed E-state index contributed by atoms with van der Waals surface area (Å²) in [6.07, 6.45) is 2.29. The molecule has 17 heavy (non-hydrogen) atoms. The highest BCUT2D eigenvalue weighted by Crippen LogP contribution is 2.19. The number of rotatable bonds is 3. The van der Waals surface area contributed by atoms with Crippen molar-refractivity contribution >= 4 is 15.7 Å². The smallest absolute Gasteiger partial charge is 0.150 e. The normalized spacial score (nSPS) is 21.9. The van der Waals surface area contributed by atoms with Gasteiger partial charge in [-0.2, -0.15) is 5.26 Å². The minimum absolute atomic E-state index is 0.119. The highest BCUT2D eigenvalue weighted by atomic mass is 32.2. The molecule has 1 aliphatic heterocycles. The summed E-state index contributed by atoms with van der Waals surface area (Å²) < 4.78 is 22.6. The molecule has 1 fully saturated rings. The van der Waals surface area contributed by atoms with Crippen molar-refractivity contribution in [1.82, 2.24) is 4.98 Å². The first-order valence-electron chi connectivity index (χ1n) is 5.40. The molecular formula is C11H13N3O2S. The molecule has 0 amide bonds. The van der Waals surface area contributed by atoms with Crippen LogP contribution in [0.3, 0.4) is 0 Å². The van der Waals surface area contributed by atoms with E-state index < -0.39 is 9.84 Å². The Balaban J connectivity index is 1.97. The van der Waals surface area contributed by atoms with Gasteiger partial charge >= 0.3 is 0 Å². The SMILES string of the molecule is N#Cc1cccnc1NCC1CCS(=O)(=O)C1. The maximum absolute atomic E-state index is 11.3. The van der Waals surface area contributed by atoms with E-state index in [4.69, 9.17) is 5.26 Å². The summed E-state index contributed by atoms with van der Waals surface area (Å²) in [5, 5.41) is 11.9. The first kappa shape index (κ1) is 11.9. The quantitative estimate of drug-likeness (QED) is 0.859. The zero-order valence-electron chi connectivity index (χ0n) is 9.26. The third-order valence-corrected chi connectivity index (χ3v) is 4.65. The van der Waals surface area contributed by atoms with Crippen LogP contribution in [0.5, 0.6) is 0 Å². The van der Waals surface area contributed by atoms with Gasteiger partial charge in [0.05, 0.1) is 17.1 Å². The zero-order chi connectivity index (χ0) is 12.3. The Labute approximate surface area is 100 Å². The third-order valence-electron chi connectivity index (χ3n) is 2.81. The van der Waals surface area contributed by atoms with Crippen LogP contribution >= 0.6 is 0 Å². The van der Waals surface area contributed by atoms with Gasteiger partial charge in [0.2, 0.25) is 0 Å². The first-order chi connectivity index (χ1) is 8.11. The van der Waals surface area contributed by atoms with E-state index in [1.807, 2.05) is 6.07 Å². The summed E-state index contributed by atoms with van der Waals surface area (Å²) in [6.45, 7) is 0.547. The third kappa shape index (κ3) is 2.94. The molecule has 1 aliphatic rings. The van der Waals surface area contributed by atoms with Crippen molar-refractivity contribution in [2.45, 2.75) is 6.42 Å². The minimum atomic E-state index is -2.84.